The lowest BCUT2D eigenvalue weighted by Crippen LogP contribution is -2.49. The van der Waals surface area contributed by atoms with E-state index >= 15 is 0 Å². The maximum absolute atomic E-state index is 12.9. The van der Waals surface area contributed by atoms with Crippen LogP contribution in [0.5, 0.6) is 5.75 Å². The number of carbonyl (C=O) groups is 2. The van der Waals surface area contributed by atoms with E-state index in [1.165, 1.54) is 0 Å². The second kappa shape index (κ2) is 9.97. The predicted molar refractivity (Wildman–Crippen MR) is 107 cm³/mol. The first-order valence-corrected chi connectivity index (χ1v) is 9.28. The van der Waals surface area contributed by atoms with Crippen LogP contribution in [-0.4, -0.2) is 36.4 Å². The third-order valence-corrected chi connectivity index (χ3v) is 4.61. The zero-order valence-electron chi connectivity index (χ0n) is 15.9. The molecule has 0 spiro atoms. The fourth-order valence-corrected chi connectivity index (χ4v) is 2.95. The molecule has 2 aromatic rings. The van der Waals surface area contributed by atoms with Crippen molar-refractivity contribution in [1.29, 1.82) is 0 Å². The highest BCUT2D eigenvalue weighted by molar-refractivity contribution is 6.32. The molecule has 2 amide bonds. The van der Waals surface area contributed by atoms with Gasteiger partial charge in [0.25, 0.3) is 5.91 Å². The highest BCUT2D eigenvalue weighted by Crippen LogP contribution is 2.23. The Balaban J connectivity index is 2.19. The number of hydrogen-bond acceptors (Lipinski definition) is 3. The second-order valence-corrected chi connectivity index (χ2v) is 6.67. The summed E-state index contributed by atoms with van der Waals surface area (Å²) < 4.78 is 5.59. The van der Waals surface area contributed by atoms with Gasteiger partial charge in [-0.2, -0.15) is 0 Å². The summed E-state index contributed by atoms with van der Waals surface area (Å²) in [7, 11) is 1.57. The summed E-state index contributed by atoms with van der Waals surface area (Å²) in [6.07, 6.45) is 0.503. The third-order valence-electron chi connectivity index (χ3n) is 4.29. The zero-order valence-corrected chi connectivity index (χ0v) is 16.6. The van der Waals surface area contributed by atoms with Crippen LogP contribution in [0.4, 0.5) is 0 Å². The molecule has 1 unspecified atom stereocenters. The van der Waals surface area contributed by atoms with E-state index in [9.17, 15) is 9.59 Å². The van der Waals surface area contributed by atoms with Crippen molar-refractivity contribution in [3.63, 3.8) is 0 Å². The van der Waals surface area contributed by atoms with Gasteiger partial charge in [0.2, 0.25) is 5.91 Å². The molecule has 2 rings (SSSR count). The average Bonchev–Trinajstić information content (AvgIpc) is 2.68. The van der Waals surface area contributed by atoms with Crippen molar-refractivity contribution in [2.45, 2.75) is 32.9 Å². The number of hydrogen-bond donors (Lipinski definition) is 1. The Morgan fingerprint density at radius 2 is 1.81 bits per heavy atom. The second-order valence-electron chi connectivity index (χ2n) is 6.26. The highest BCUT2D eigenvalue weighted by atomic mass is 35.5. The molecule has 0 aliphatic rings. The number of carbonyl (C=O) groups excluding carboxylic acids is 2. The van der Waals surface area contributed by atoms with Crippen LogP contribution < -0.4 is 10.1 Å². The molecule has 144 valence electrons. The number of aryl methyl sites for hydroxylation is 1. The van der Waals surface area contributed by atoms with Gasteiger partial charge >= 0.3 is 0 Å². The van der Waals surface area contributed by atoms with Crippen molar-refractivity contribution in [2.75, 3.05) is 13.7 Å². The van der Waals surface area contributed by atoms with E-state index in [1.54, 1.807) is 36.2 Å². The van der Waals surface area contributed by atoms with Gasteiger partial charge in [-0.15, -0.1) is 0 Å². The fourth-order valence-electron chi connectivity index (χ4n) is 2.76. The van der Waals surface area contributed by atoms with E-state index in [4.69, 9.17) is 16.3 Å². The Hall–Kier alpha value is -2.53. The minimum atomic E-state index is -0.571. The van der Waals surface area contributed by atoms with Crippen LogP contribution >= 0.6 is 11.6 Å². The van der Waals surface area contributed by atoms with Crippen LogP contribution in [0.2, 0.25) is 5.02 Å². The van der Waals surface area contributed by atoms with E-state index in [2.05, 4.69) is 5.32 Å². The summed E-state index contributed by atoms with van der Waals surface area (Å²) in [6, 6.07) is 14.3. The number of benzene rings is 2. The normalized spacial score (nSPS) is 11.6. The Morgan fingerprint density at radius 1 is 1.15 bits per heavy atom. The molecule has 1 N–H and O–H groups in total. The quantitative estimate of drug-likeness (QED) is 0.751. The van der Waals surface area contributed by atoms with E-state index < -0.39 is 6.04 Å². The maximum Gasteiger partial charge on any atom is 0.261 e. The molecule has 0 heterocycles. The van der Waals surface area contributed by atoms with Crippen molar-refractivity contribution < 1.29 is 14.3 Å². The van der Waals surface area contributed by atoms with Gasteiger partial charge in [-0.1, -0.05) is 60.5 Å². The Bertz CT molecular complexity index is 777. The van der Waals surface area contributed by atoms with Crippen LogP contribution in [0, 0.1) is 6.92 Å². The van der Waals surface area contributed by atoms with Crippen LogP contribution in [0.1, 0.15) is 24.5 Å². The first kappa shape index (κ1) is 20.8. The Morgan fingerprint density at radius 3 is 2.41 bits per heavy atom. The fraction of sp³-hybridized carbons (Fsp3) is 0.333. The lowest BCUT2D eigenvalue weighted by Gasteiger charge is -2.30. The number of halogens is 1. The lowest BCUT2D eigenvalue weighted by molar-refractivity contribution is -0.142. The number of likely N-dealkylation sites (N-methyl/N-ethyl adjacent to an activating group) is 1. The van der Waals surface area contributed by atoms with Gasteiger partial charge in [0.15, 0.2) is 6.61 Å². The minimum Gasteiger partial charge on any atom is -0.482 e. The molecule has 27 heavy (non-hydrogen) atoms. The van der Waals surface area contributed by atoms with Crippen LogP contribution in [0.25, 0.3) is 0 Å². The summed E-state index contributed by atoms with van der Waals surface area (Å²) in [4.78, 5) is 26.7. The summed E-state index contributed by atoms with van der Waals surface area (Å²) >= 11 is 6.08. The largest absolute Gasteiger partial charge is 0.482 e. The molecule has 6 heteroatoms. The van der Waals surface area contributed by atoms with E-state index in [-0.39, 0.29) is 18.4 Å². The topological polar surface area (TPSA) is 58.6 Å². The van der Waals surface area contributed by atoms with Crippen LogP contribution in [-0.2, 0) is 16.1 Å². The van der Waals surface area contributed by atoms with Crippen LogP contribution in [0.3, 0.4) is 0 Å². The number of amides is 2. The first-order chi connectivity index (χ1) is 13.0. The molecular formula is C21H25ClN2O3. The Kier molecular flexibility index (Phi) is 7.67. The molecule has 0 saturated carbocycles. The van der Waals surface area contributed by atoms with Gasteiger partial charge in [0, 0.05) is 13.6 Å². The SMILES string of the molecule is CCC(C(=O)NC)N(Cc1ccc(C)cc1)C(=O)COc1ccccc1Cl. The number of para-hydroxylation sites is 1. The van der Waals surface area contributed by atoms with Crippen LogP contribution in [0.15, 0.2) is 48.5 Å². The number of rotatable bonds is 8. The molecule has 5 nitrogen and oxygen atoms in total. The zero-order chi connectivity index (χ0) is 19.8. The minimum absolute atomic E-state index is 0.191. The van der Waals surface area contributed by atoms with E-state index in [1.807, 2.05) is 38.1 Å². The summed E-state index contributed by atoms with van der Waals surface area (Å²) in [5, 5.41) is 3.07. The molecule has 0 radical (unpaired) electrons. The lowest BCUT2D eigenvalue weighted by atomic mass is 10.1. The van der Waals surface area contributed by atoms with Gasteiger partial charge in [0.05, 0.1) is 5.02 Å². The smallest absolute Gasteiger partial charge is 0.261 e. The van der Waals surface area contributed by atoms with Crippen molar-refractivity contribution in [3.05, 3.63) is 64.7 Å². The molecule has 0 bridgehead atoms. The van der Waals surface area contributed by atoms with Gasteiger partial charge < -0.3 is 15.0 Å². The number of nitrogens with one attached hydrogen (secondary N) is 1. The van der Waals surface area contributed by atoms with Crippen molar-refractivity contribution >= 4 is 23.4 Å². The molecular weight excluding hydrogens is 364 g/mol. The monoisotopic (exact) mass is 388 g/mol. The average molecular weight is 389 g/mol. The molecule has 0 fully saturated rings. The molecule has 2 aromatic carbocycles. The number of ether oxygens (including phenoxy) is 1. The Labute approximate surface area is 165 Å². The van der Waals surface area contributed by atoms with Gasteiger partial charge in [-0.25, -0.2) is 0 Å². The third kappa shape index (κ3) is 5.73. The van der Waals surface area contributed by atoms with Crippen molar-refractivity contribution in [3.8, 4) is 5.75 Å². The molecule has 0 saturated heterocycles. The molecule has 0 aliphatic heterocycles. The number of nitrogens with zero attached hydrogens (tertiary/aromatic N) is 1. The van der Waals surface area contributed by atoms with E-state index in [0.29, 0.717) is 23.7 Å². The van der Waals surface area contributed by atoms with Gasteiger partial charge in [0.1, 0.15) is 11.8 Å². The van der Waals surface area contributed by atoms with Crippen molar-refractivity contribution in [1.82, 2.24) is 10.2 Å². The molecule has 0 aromatic heterocycles. The molecule has 1 atom stereocenters. The predicted octanol–water partition coefficient (Wildman–Crippen LogP) is 3.58. The summed E-state index contributed by atoms with van der Waals surface area (Å²) in [6.45, 7) is 4.02. The highest BCUT2D eigenvalue weighted by Gasteiger charge is 2.28. The molecule has 0 aliphatic carbocycles. The standard InChI is InChI=1S/C21H25ClN2O3/c1-4-18(21(26)23-3)24(13-16-11-9-15(2)10-12-16)20(25)14-27-19-8-6-5-7-17(19)22/h5-12,18H,4,13-14H2,1-3H3,(H,23,26). The van der Waals surface area contributed by atoms with Crippen molar-refractivity contribution in [2.24, 2.45) is 0 Å². The van der Waals surface area contributed by atoms with Gasteiger partial charge in [-0.05, 0) is 31.0 Å². The summed E-state index contributed by atoms with van der Waals surface area (Å²) in [5.41, 5.74) is 2.09. The van der Waals surface area contributed by atoms with E-state index in [0.717, 1.165) is 11.1 Å². The first-order valence-electron chi connectivity index (χ1n) is 8.90. The van der Waals surface area contributed by atoms with Gasteiger partial charge in [-0.3, -0.25) is 9.59 Å². The summed E-state index contributed by atoms with van der Waals surface area (Å²) in [5.74, 6) is -0.0301. The maximum atomic E-state index is 12.9.